The quantitative estimate of drug-likeness (QED) is 0.831. The second kappa shape index (κ2) is 5.19. The molecule has 0 aromatic heterocycles. The molecule has 1 fully saturated rings. The van der Waals surface area contributed by atoms with E-state index in [1.54, 1.807) is 0 Å². The minimum Gasteiger partial charge on any atom is -0.372 e. The minimum absolute atomic E-state index is 0.0211. The number of benzene rings is 1. The predicted molar refractivity (Wildman–Crippen MR) is 70.3 cm³/mol. The first-order valence-electron chi connectivity index (χ1n) is 6.06. The maximum absolute atomic E-state index is 11.2. The molecule has 0 saturated carbocycles. The number of anilines is 2. The molecule has 17 heavy (non-hydrogen) atoms. The van der Waals surface area contributed by atoms with Crippen molar-refractivity contribution in [3.8, 4) is 0 Å². The lowest BCUT2D eigenvalue weighted by Gasteiger charge is -2.19. The molecular formula is C13H19N3O. The van der Waals surface area contributed by atoms with Crippen LogP contribution in [0.25, 0.3) is 0 Å². The molecule has 1 aliphatic rings. The first-order chi connectivity index (χ1) is 8.20. The number of hydrogen-bond donors (Lipinski definition) is 2. The molecular weight excluding hydrogens is 214 g/mol. The van der Waals surface area contributed by atoms with E-state index in [4.69, 9.17) is 5.73 Å². The Hall–Kier alpha value is -1.55. The SMILES string of the molecule is Cc1cc(N2CCCC2)ccc1NC(=O)CN. The van der Waals surface area contributed by atoms with Gasteiger partial charge in [-0.1, -0.05) is 0 Å². The molecule has 2 rings (SSSR count). The Kier molecular flexibility index (Phi) is 3.64. The van der Waals surface area contributed by atoms with Crippen molar-refractivity contribution in [2.24, 2.45) is 5.73 Å². The Balaban J connectivity index is 2.13. The number of nitrogens with two attached hydrogens (primary N) is 1. The van der Waals surface area contributed by atoms with Crippen LogP contribution in [0, 0.1) is 6.92 Å². The molecule has 4 heteroatoms. The predicted octanol–water partition coefficient (Wildman–Crippen LogP) is 1.49. The zero-order valence-corrected chi connectivity index (χ0v) is 10.2. The molecule has 1 aromatic rings. The fraction of sp³-hybridized carbons (Fsp3) is 0.462. The number of rotatable bonds is 3. The zero-order valence-electron chi connectivity index (χ0n) is 10.2. The molecule has 1 aliphatic heterocycles. The summed E-state index contributed by atoms with van der Waals surface area (Å²) in [4.78, 5) is 13.6. The van der Waals surface area contributed by atoms with Gasteiger partial charge in [-0.2, -0.15) is 0 Å². The molecule has 1 heterocycles. The van der Waals surface area contributed by atoms with Gasteiger partial charge in [-0.3, -0.25) is 4.79 Å². The van der Waals surface area contributed by atoms with E-state index in [9.17, 15) is 4.79 Å². The van der Waals surface area contributed by atoms with Gasteiger partial charge in [0.2, 0.25) is 5.91 Å². The highest BCUT2D eigenvalue weighted by atomic mass is 16.1. The summed E-state index contributed by atoms with van der Waals surface area (Å²) in [5, 5.41) is 2.80. The van der Waals surface area contributed by atoms with Gasteiger partial charge >= 0.3 is 0 Å². The van der Waals surface area contributed by atoms with Crippen molar-refractivity contribution in [3.05, 3.63) is 23.8 Å². The number of aryl methyl sites for hydroxylation is 1. The lowest BCUT2D eigenvalue weighted by atomic mass is 10.1. The van der Waals surface area contributed by atoms with Gasteiger partial charge < -0.3 is 16.0 Å². The molecule has 0 aliphatic carbocycles. The number of amides is 1. The van der Waals surface area contributed by atoms with Crippen LogP contribution in [0.2, 0.25) is 0 Å². The van der Waals surface area contributed by atoms with Crippen molar-refractivity contribution >= 4 is 17.3 Å². The highest BCUT2D eigenvalue weighted by molar-refractivity contribution is 5.93. The van der Waals surface area contributed by atoms with Crippen LogP contribution in [-0.2, 0) is 4.79 Å². The summed E-state index contributed by atoms with van der Waals surface area (Å²) in [6.07, 6.45) is 2.54. The van der Waals surface area contributed by atoms with Gasteiger partial charge in [0.15, 0.2) is 0 Å². The third-order valence-corrected chi connectivity index (χ3v) is 3.14. The van der Waals surface area contributed by atoms with Crippen LogP contribution in [0.4, 0.5) is 11.4 Å². The Morgan fingerprint density at radius 2 is 2.12 bits per heavy atom. The van der Waals surface area contributed by atoms with E-state index in [0.29, 0.717) is 0 Å². The van der Waals surface area contributed by atoms with Crippen LogP contribution >= 0.6 is 0 Å². The summed E-state index contributed by atoms with van der Waals surface area (Å²) in [6.45, 7) is 4.29. The molecule has 0 spiro atoms. The number of hydrogen-bond acceptors (Lipinski definition) is 3. The Morgan fingerprint density at radius 3 is 2.71 bits per heavy atom. The second-order valence-corrected chi connectivity index (χ2v) is 4.45. The van der Waals surface area contributed by atoms with Crippen molar-refractivity contribution < 1.29 is 4.79 Å². The Morgan fingerprint density at radius 1 is 1.41 bits per heavy atom. The minimum atomic E-state index is -0.151. The van der Waals surface area contributed by atoms with Crippen molar-refractivity contribution in [1.82, 2.24) is 0 Å². The Bertz CT molecular complexity index is 411. The van der Waals surface area contributed by atoms with Crippen LogP contribution in [-0.4, -0.2) is 25.5 Å². The fourth-order valence-corrected chi connectivity index (χ4v) is 2.16. The van der Waals surface area contributed by atoms with E-state index in [-0.39, 0.29) is 12.5 Å². The Labute approximate surface area is 102 Å². The first kappa shape index (κ1) is 11.9. The van der Waals surface area contributed by atoms with Crippen LogP contribution < -0.4 is 16.0 Å². The highest BCUT2D eigenvalue weighted by Gasteiger charge is 2.13. The molecule has 0 atom stereocenters. The van der Waals surface area contributed by atoms with Crippen molar-refractivity contribution in [2.75, 3.05) is 29.9 Å². The van der Waals surface area contributed by atoms with Crippen molar-refractivity contribution in [2.45, 2.75) is 19.8 Å². The van der Waals surface area contributed by atoms with Gasteiger partial charge in [0.05, 0.1) is 6.54 Å². The van der Waals surface area contributed by atoms with Crippen LogP contribution in [0.1, 0.15) is 18.4 Å². The van der Waals surface area contributed by atoms with Crippen LogP contribution in [0.5, 0.6) is 0 Å². The van der Waals surface area contributed by atoms with Crippen LogP contribution in [0.3, 0.4) is 0 Å². The van der Waals surface area contributed by atoms with Gasteiger partial charge in [-0.15, -0.1) is 0 Å². The molecule has 4 nitrogen and oxygen atoms in total. The fourth-order valence-electron chi connectivity index (χ4n) is 2.16. The van der Waals surface area contributed by atoms with Crippen LogP contribution in [0.15, 0.2) is 18.2 Å². The molecule has 0 bridgehead atoms. The smallest absolute Gasteiger partial charge is 0.238 e. The number of nitrogens with one attached hydrogen (secondary N) is 1. The van der Waals surface area contributed by atoms with Gasteiger partial charge in [0.25, 0.3) is 0 Å². The number of nitrogens with zero attached hydrogens (tertiary/aromatic N) is 1. The van der Waals surface area contributed by atoms with Crippen molar-refractivity contribution in [3.63, 3.8) is 0 Å². The third kappa shape index (κ3) is 2.77. The first-order valence-corrected chi connectivity index (χ1v) is 6.06. The maximum atomic E-state index is 11.2. The molecule has 1 aromatic carbocycles. The van der Waals surface area contributed by atoms with Gasteiger partial charge in [-0.25, -0.2) is 0 Å². The summed E-state index contributed by atoms with van der Waals surface area (Å²) < 4.78 is 0. The molecule has 0 radical (unpaired) electrons. The lowest BCUT2D eigenvalue weighted by Crippen LogP contribution is -2.22. The molecule has 1 amide bonds. The number of carbonyl (C=O) groups excluding carboxylic acids is 1. The van der Waals surface area contributed by atoms with E-state index in [1.807, 2.05) is 13.0 Å². The molecule has 92 valence electrons. The molecule has 0 unspecified atom stereocenters. The maximum Gasteiger partial charge on any atom is 0.238 e. The van der Waals surface area contributed by atoms with Crippen molar-refractivity contribution in [1.29, 1.82) is 0 Å². The van der Waals surface area contributed by atoms with E-state index in [2.05, 4.69) is 22.3 Å². The van der Waals surface area contributed by atoms with E-state index in [0.717, 1.165) is 24.3 Å². The molecule has 1 saturated heterocycles. The van der Waals surface area contributed by atoms with E-state index >= 15 is 0 Å². The average molecular weight is 233 g/mol. The number of carbonyl (C=O) groups is 1. The topological polar surface area (TPSA) is 58.4 Å². The largest absolute Gasteiger partial charge is 0.372 e. The zero-order chi connectivity index (χ0) is 12.3. The summed E-state index contributed by atoms with van der Waals surface area (Å²) in [6, 6.07) is 6.14. The molecule has 3 N–H and O–H groups in total. The lowest BCUT2D eigenvalue weighted by molar-refractivity contribution is -0.114. The van der Waals surface area contributed by atoms with Gasteiger partial charge in [0, 0.05) is 24.5 Å². The average Bonchev–Trinajstić information content (AvgIpc) is 2.85. The summed E-state index contributed by atoms with van der Waals surface area (Å²) in [5.74, 6) is -0.151. The monoisotopic (exact) mass is 233 g/mol. The normalized spacial score (nSPS) is 15.1. The van der Waals surface area contributed by atoms with Gasteiger partial charge in [-0.05, 0) is 43.5 Å². The standard InChI is InChI=1S/C13H19N3O/c1-10-8-11(16-6-2-3-7-16)4-5-12(10)15-13(17)9-14/h4-5,8H,2-3,6-7,9,14H2,1H3,(H,15,17). The second-order valence-electron chi connectivity index (χ2n) is 4.45. The summed E-state index contributed by atoms with van der Waals surface area (Å²) >= 11 is 0. The van der Waals surface area contributed by atoms with Gasteiger partial charge in [0.1, 0.15) is 0 Å². The summed E-state index contributed by atoms with van der Waals surface area (Å²) in [7, 11) is 0. The highest BCUT2D eigenvalue weighted by Crippen LogP contribution is 2.25. The van der Waals surface area contributed by atoms with E-state index in [1.165, 1.54) is 18.5 Å². The summed E-state index contributed by atoms with van der Waals surface area (Å²) in [5.41, 5.74) is 8.45. The third-order valence-electron chi connectivity index (χ3n) is 3.14. The van der Waals surface area contributed by atoms with E-state index < -0.39 is 0 Å².